The standard InChI is InChI=1S/C30H35ClF3N5O2.2C2H6/c1-3-19(2)20-8-10-21(11-9-20)28(36)39(15-14-30(32,33)34)29(41)38-18-26(35)24-13-12-23(40)16-27(24)37-17-22-6-4-5-7-25(22)31;2*1-2/h4-11,19,36H,3,12-18,35H2,1-2H3,(H,38,41);2*1-2H3/b26-24-,36-28?,37-27?;;. The van der Waals surface area contributed by atoms with Gasteiger partial charge in [0.1, 0.15) is 11.6 Å². The quantitative estimate of drug-likeness (QED) is 0.186. The van der Waals surface area contributed by atoms with E-state index in [9.17, 15) is 22.8 Å². The van der Waals surface area contributed by atoms with Crippen molar-refractivity contribution in [2.45, 2.75) is 92.3 Å². The molecule has 0 saturated heterocycles. The molecule has 248 valence electrons. The number of amidine groups is 1. The first kappa shape index (κ1) is 39.4. The summed E-state index contributed by atoms with van der Waals surface area (Å²) in [7, 11) is 0. The molecule has 45 heavy (non-hydrogen) atoms. The molecular formula is C34H47ClF3N5O2. The molecule has 1 unspecified atom stereocenters. The lowest BCUT2D eigenvalue weighted by Gasteiger charge is -2.25. The van der Waals surface area contributed by atoms with Crippen LogP contribution in [0, 0.1) is 5.41 Å². The zero-order valence-electron chi connectivity index (χ0n) is 27.2. The number of aliphatic imine (C=N–C) groups is 1. The number of hydrogen-bond donors (Lipinski definition) is 3. The van der Waals surface area contributed by atoms with Gasteiger partial charge in [0.25, 0.3) is 0 Å². The Morgan fingerprint density at radius 1 is 1.09 bits per heavy atom. The van der Waals surface area contributed by atoms with Crippen LogP contribution in [0.4, 0.5) is 18.0 Å². The van der Waals surface area contributed by atoms with E-state index in [1.165, 1.54) is 0 Å². The van der Waals surface area contributed by atoms with Crippen LogP contribution in [0.1, 0.15) is 96.3 Å². The molecular weight excluding hydrogens is 603 g/mol. The molecule has 11 heteroatoms. The summed E-state index contributed by atoms with van der Waals surface area (Å²) < 4.78 is 39.2. The molecule has 4 N–H and O–H groups in total. The van der Waals surface area contributed by atoms with Crippen LogP contribution >= 0.6 is 11.6 Å². The maximum atomic E-state index is 13.1. The molecule has 1 fully saturated rings. The van der Waals surface area contributed by atoms with Gasteiger partial charge in [-0.3, -0.25) is 20.1 Å². The van der Waals surface area contributed by atoms with E-state index in [4.69, 9.17) is 22.7 Å². The third-order valence-corrected chi connectivity index (χ3v) is 7.45. The number of ketones is 1. The second kappa shape index (κ2) is 19.7. The van der Waals surface area contributed by atoms with E-state index >= 15 is 0 Å². The third-order valence-electron chi connectivity index (χ3n) is 7.08. The van der Waals surface area contributed by atoms with Gasteiger partial charge in [0, 0.05) is 41.4 Å². The average Bonchev–Trinajstić information content (AvgIpc) is 3.04. The summed E-state index contributed by atoms with van der Waals surface area (Å²) in [4.78, 5) is 30.6. The zero-order chi connectivity index (χ0) is 34.2. The number of nitrogens with two attached hydrogens (primary N) is 1. The summed E-state index contributed by atoms with van der Waals surface area (Å²) >= 11 is 6.22. The molecule has 2 amide bonds. The van der Waals surface area contributed by atoms with Gasteiger partial charge in [-0.1, -0.05) is 95.6 Å². The van der Waals surface area contributed by atoms with E-state index in [-0.39, 0.29) is 49.2 Å². The molecule has 0 aliphatic heterocycles. The molecule has 7 nitrogen and oxygen atoms in total. The number of halogens is 4. The van der Waals surface area contributed by atoms with Gasteiger partial charge >= 0.3 is 12.2 Å². The molecule has 3 rings (SSSR count). The number of hydrogen-bond acceptors (Lipinski definition) is 5. The first-order valence-corrected chi connectivity index (χ1v) is 15.8. The second-order valence-electron chi connectivity index (χ2n) is 10.0. The van der Waals surface area contributed by atoms with E-state index in [1.807, 2.05) is 58.9 Å². The van der Waals surface area contributed by atoms with Crippen molar-refractivity contribution in [1.82, 2.24) is 10.2 Å². The summed E-state index contributed by atoms with van der Waals surface area (Å²) in [5.41, 5.74) is 9.82. The average molecular weight is 650 g/mol. The van der Waals surface area contributed by atoms with E-state index in [0.717, 1.165) is 22.4 Å². The molecule has 2 aromatic carbocycles. The Labute approximate surface area is 270 Å². The molecule has 1 saturated carbocycles. The molecule has 2 aromatic rings. The maximum absolute atomic E-state index is 13.1. The zero-order valence-corrected chi connectivity index (χ0v) is 27.9. The number of allylic oxidation sites excluding steroid dienone is 1. The second-order valence-corrected chi connectivity index (χ2v) is 10.4. The topological polar surface area (TPSA) is 112 Å². The smallest absolute Gasteiger partial charge is 0.390 e. The molecule has 0 aromatic heterocycles. The van der Waals surface area contributed by atoms with Crippen LogP contribution < -0.4 is 11.1 Å². The van der Waals surface area contributed by atoms with Gasteiger partial charge < -0.3 is 11.1 Å². The van der Waals surface area contributed by atoms with E-state index in [1.54, 1.807) is 24.3 Å². The normalized spacial score (nSPS) is 15.6. The highest BCUT2D eigenvalue weighted by atomic mass is 35.5. The summed E-state index contributed by atoms with van der Waals surface area (Å²) in [6.45, 7) is 11.4. The minimum atomic E-state index is -4.51. The van der Waals surface area contributed by atoms with Gasteiger partial charge in [0.2, 0.25) is 0 Å². The summed E-state index contributed by atoms with van der Waals surface area (Å²) in [6.07, 6.45) is -4.19. The SMILES string of the molecule is CC.CC.CCC(C)c1ccc(C(=N)N(CCC(F)(F)F)C(=O)NC/C(N)=C2\CCC(=O)CC2=NCc2ccccc2Cl)cc1. The molecule has 1 atom stereocenters. The van der Waals surface area contributed by atoms with Crippen molar-refractivity contribution in [3.05, 3.63) is 81.5 Å². The largest absolute Gasteiger partial charge is 0.400 e. The fourth-order valence-electron chi connectivity index (χ4n) is 4.38. The fourth-order valence-corrected chi connectivity index (χ4v) is 4.58. The predicted molar refractivity (Wildman–Crippen MR) is 178 cm³/mol. The summed E-state index contributed by atoms with van der Waals surface area (Å²) in [5.74, 6) is -0.0550. The Morgan fingerprint density at radius 2 is 1.71 bits per heavy atom. The van der Waals surface area contributed by atoms with Crippen molar-refractivity contribution in [2.75, 3.05) is 13.1 Å². The lowest BCUT2D eigenvalue weighted by Crippen LogP contribution is -2.46. The Kier molecular flexibility index (Phi) is 17.2. The van der Waals surface area contributed by atoms with Gasteiger partial charge in [-0.25, -0.2) is 4.79 Å². The van der Waals surface area contributed by atoms with Crippen molar-refractivity contribution in [1.29, 1.82) is 5.41 Å². The van der Waals surface area contributed by atoms with Crippen molar-refractivity contribution < 1.29 is 22.8 Å². The van der Waals surface area contributed by atoms with E-state index < -0.39 is 25.2 Å². The maximum Gasteiger partial charge on any atom is 0.390 e. The minimum Gasteiger partial charge on any atom is -0.400 e. The minimum absolute atomic E-state index is 0.00890. The Morgan fingerprint density at radius 3 is 2.29 bits per heavy atom. The third kappa shape index (κ3) is 12.7. The number of nitrogens with one attached hydrogen (secondary N) is 2. The van der Waals surface area contributed by atoms with E-state index in [0.29, 0.717) is 28.3 Å². The molecule has 0 bridgehead atoms. The number of benzene rings is 2. The van der Waals surface area contributed by atoms with Crippen molar-refractivity contribution in [2.24, 2.45) is 10.7 Å². The van der Waals surface area contributed by atoms with Crippen LogP contribution in [0.15, 0.2) is 64.8 Å². The van der Waals surface area contributed by atoms with Crippen LogP contribution in [0.3, 0.4) is 0 Å². The molecule has 1 aliphatic carbocycles. The lowest BCUT2D eigenvalue weighted by atomic mass is 9.90. The molecule has 0 heterocycles. The predicted octanol–water partition coefficient (Wildman–Crippen LogP) is 8.80. The highest BCUT2D eigenvalue weighted by Crippen LogP contribution is 2.24. The van der Waals surface area contributed by atoms with Crippen molar-refractivity contribution >= 4 is 35.0 Å². The number of Topliss-reactive ketones (excluding diaryl/α,β-unsaturated/α-hetero) is 1. The van der Waals surface area contributed by atoms with Crippen LogP contribution in [0.25, 0.3) is 0 Å². The number of nitrogens with zero attached hydrogens (tertiary/aromatic N) is 2. The Balaban J connectivity index is 0.00000243. The Hall–Kier alpha value is -3.66. The van der Waals surface area contributed by atoms with Gasteiger partial charge in [-0.05, 0) is 41.5 Å². The Bertz CT molecular complexity index is 1320. The van der Waals surface area contributed by atoms with Gasteiger partial charge in [0.05, 0.1) is 19.5 Å². The monoisotopic (exact) mass is 649 g/mol. The number of carbonyl (C=O) groups excluding carboxylic acids is 2. The molecule has 0 spiro atoms. The summed E-state index contributed by atoms with van der Waals surface area (Å²) in [6, 6.07) is 13.2. The van der Waals surface area contributed by atoms with Crippen LogP contribution in [-0.4, -0.2) is 47.5 Å². The van der Waals surface area contributed by atoms with Crippen LogP contribution in [0.2, 0.25) is 5.02 Å². The van der Waals surface area contributed by atoms with Gasteiger partial charge in [0.15, 0.2) is 0 Å². The van der Waals surface area contributed by atoms with Crippen molar-refractivity contribution in [3.63, 3.8) is 0 Å². The van der Waals surface area contributed by atoms with Gasteiger partial charge in [-0.15, -0.1) is 0 Å². The van der Waals surface area contributed by atoms with Crippen molar-refractivity contribution in [3.8, 4) is 0 Å². The lowest BCUT2D eigenvalue weighted by molar-refractivity contribution is -0.135. The van der Waals surface area contributed by atoms with E-state index in [2.05, 4.69) is 17.2 Å². The number of rotatable bonds is 9. The highest BCUT2D eigenvalue weighted by Gasteiger charge is 2.31. The number of alkyl halides is 3. The molecule has 0 radical (unpaired) electrons. The first-order chi connectivity index (χ1) is 21.4. The molecule has 1 aliphatic rings. The van der Waals surface area contributed by atoms with Crippen LogP contribution in [0.5, 0.6) is 0 Å². The number of amides is 2. The number of carbonyl (C=O) groups is 2. The fraction of sp³-hybridized carbons (Fsp3) is 0.471. The highest BCUT2D eigenvalue weighted by molar-refractivity contribution is 6.31. The van der Waals surface area contributed by atoms with Gasteiger partial charge in [-0.2, -0.15) is 13.2 Å². The first-order valence-electron chi connectivity index (χ1n) is 15.5. The number of urea groups is 1. The summed E-state index contributed by atoms with van der Waals surface area (Å²) in [5, 5.41) is 11.6. The van der Waals surface area contributed by atoms with Crippen LogP contribution in [-0.2, 0) is 11.3 Å².